The van der Waals surface area contributed by atoms with Crippen molar-refractivity contribution in [3.8, 4) is 5.75 Å². The molecule has 0 amide bonds. The number of aryl methyl sites for hydroxylation is 1. The van der Waals surface area contributed by atoms with Crippen LogP contribution in [0.4, 0.5) is 0 Å². The molecule has 0 saturated carbocycles. The number of phenols is 1. The molecular weight excluding hydrogens is 532 g/mol. The summed E-state index contributed by atoms with van der Waals surface area (Å²) in [5, 5.41) is 11.3. The van der Waals surface area contributed by atoms with Crippen LogP contribution in [0.3, 0.4) is 0 Å². The van der Waals surface area contributed by atoms with Gasteiger partial charge in [-0.3, -0.25) is 0 Å². The molecule has 44 heavy (non-hydrogen) atoms. The van der Waals surface area contributed by atoms with E-state index in [0.717, 1.165) is 0 Å². The quantitative estimate of drug-likeness (QED) is 0.0802. The Kier molecular flexibility index (Phi) is 27.4. The summed E-state index contributed by atoms with van der Waals surface area (Å²) in [4.78, 5) is 0. The van der Waals surface area contributed by atoms with E-state index in [2.05, 4.69) is 46.8 Å². The highest BCUT2D eigenvalue weighted by Crippen LogP contribution is 2.38. The monoisotopic (exact) mass is 613 g/mol. The molecule has 0 aliphatic rings. The van der Waals surface area contributed by atoms with Gasteiger partial charge < -0.3 is 5.11 Å². The van der Waals surface area contributed by atoms with E-state index in [4.69, 9.17) is 0 Å². The van der Waals surface area contributed by atoms with Crippen LogP contribution in [0.2, 0.25) is 0 Å². The Hall–Kier alpha value is -0.980. The Morgan fingerprint density at radius 3 is 0.886 bits per heavy atom. The van der Waals surface area contributed by atoms with Crippen LogP contribution in [0.15, 0.2) is 12.1 Å². The fraction of sp³-hybridized carbons (Fsp3) is 0.860. The van der Waals surface area contributed by atoms with Crippen LogP contribution in [0.1, 0.15) is 249 Å². The first-order chi connectivity index (χ1) is 21.5. The van der Waals surface area contributed by atoms with Gasteiger partial charge in [-0.1, -0.05) is 225 Å². The van der Waals surface area contributed by atoms with Gasteiger partial charge in [-0.05, 0) is 42.7 Å². The van der Waals surface area contributed by atoms with Crippen LogP contribution in [-0.4, -0.2) is 5.11 Å². The SMILES string of the molecule is CCCCCCCCCCCCCCCC[C@H](C)c1cc(C)cc([C@@H](C)CCCCCCCCCCCCCCCC)c1O. The number of hydrogen-bond donors (Lipinski definition) is 1. The van der Waals surface area contributed by atoms with Gasteiger partial charge in [0, 0.05) is 0 Å². The first-order valence-electron chi connectivity index (χ1n) is 20.3. The smallest absolute Gasteiger partial charge is 0.122 e. The zero-order valence-corrected chi connectivity index (χ0v) is 31.0. The van der Waals surface area contributed by atoms with Crippen molar-refractivity contribution in [2.24, 2.45) is 0 Å². The molecule has 0 aliphatic carbocycles. The molecule has 258 valence electrons. The van der Waals surface area contributed by atoms with Gasteiger partial charge in [0.2, 0.25) is 0 Å². The molecule has 2 atom stereocenters. The standard InChI is InChI=1S/C43H80O/c1-6-8-10-12-14-16-18-20-22-24-26-28-30-32-34-39(4)41-36-38(3)37-42(43(41)44)40(5)35-33-31-29-27-25-23-21-19-17-15-13-11-9-7-2/h36-37,39-40,44H,6-35H2,1-5H3/t39-,40-/m0/s1. The van der Waals surface area contributed by atoms with Crippen molar-refractivity contribution in [2.45, 2.75) is 239 Å². The minimum absolute atomic E-state index is 0.444. The molecule has 0 aromatic heterocycles. The highest BCUT2D eigenvalue weighted by Gasteiger charge is 2.18. The minimum atomic E-state index is 0.444. The molecule has 1 N–H and O–H groups in total. The summed E-state index contributed by atoms with van der Waals surface area (Å²) < 4.78 is 0. The van der Waals surface area contributed by atoms with E-state index in [-0.39, 0.29) is 0 Å². The van der Waals surface area contributed by atoms with Crippen LogP contribution < -0.4 is 0 Å². The molecule has 0 radical (unpaired) electrons. The number of unbranched alkanes of at least 4 members (excludes halogenated alkanes) is 26. The summed E-state index contributed by atoms with van der Waals surface area (Å²) in [6.07, 6.45) is 41.9. The summed E-state index contributed by atoms with van der Waals surface area (Å²) in [6, 6.07) is 4.51. The molecule has 0 saturated heterocycles. The van der Waals surface area contributed by atoms with E-state index in [1.807, 2.05) is 0 Å². The van der Waals surface area contributed by atoms with E-state index < -0.39 is 0 Å². The maximum Gasteiger partial charge on any atom is 0.122 e. The predicted molar refractivity (Wildman–Crippen MR) is 200 cm³/mol. The van der Waals surface area contributed by atoms with Crippen LogP contribution in [0.25, 0.3) is 0 Å². The lowest BCUT2D eigenvalue weighted by molar-refractivity contribution is 0.441. The van der Waals surface area contributed by atoms with Gasteiger partial charge in [0.15, 0.2) is 0 Å². The lowest BCUT2D eigenvalue weighted by Gasteiger charge is -2.21. The van der Waals surface area contributed by atoms with Crippen LogP contribution in [0, 0.1) is 6.92 Å². The Labute approximate surface area is 278 Å². The predicted octanol–water partition coefficient (Wildman–Crippen LogP) is 15.7. The molecule has 1 nitrogen and oxygen atoms in total. The zero-order valence-electron chi connectivity index (χ0n) is 31.0. The highest BCUT2D eigenvalue weighted by atomic mass is 16.3. The number of aromatic hydroxyl groups is 1. The molecule has 0 bridgehead atoms. The van der Waals surface area contributed by atoms with Crippen molar-refractivity contribution < 1.29 is 5.11 Å². The Balaban J connectivity index is 2.15. The maximum absolute atomic E-state index is 11.3. The Morgan fingerprint density at radius 2 is 0.636 bits per heavy atom. The summed E-state index contributed by atoms with van der Waals surface area (Å²) >= 11 is 0. The third kappa shape index (κ3) is 21.7. The van der Waals surface area contributed by atoms with Crippen LogP contribution in [0.5, 0.6) is 5.75 Å². The molecule has 0 aliphatic heterocycles. The van der Waals surface area contributed by atoms with E-state index in [1.54, 1.807) is 0 Å². The van der Waals surface area contributed by atoms with Gasteiger partial charge in [-0.25, -0.2) is 0 Å². The van der Waals surface area contributed by atoms with Gasteiger partial charge in [-0.2, -0.15) is 0 Å². The van der Waals surface area contributed by atoms with Crippen molar-refractivity contribution in [3.63, 3.8) is 0 Å². The largest absolute Gasteiger partial charge is 0.507 e. The molecule has 0 fully saturated rings. The second-order valence-electron chi connectivity index (χ2n) is 14.9. The number of benzene rings is 1. The molecule has 1 heteroatoms. The highest BCUT2D eigenvalue weighted by molar-refractivity contribution is 5.46. The zero-order chi connectivity index (χ0) is 32.1. The van der Waals surface area contributed by atoms with Crippen molar-refractivity contribution in [1.29, 1.82) is 0 Å². The minimum Gasteiger partial charge on any atom is -0.507 e. The van der Waals surface area contributed by atoms with Crippen molar-refractivity contribution in [1.82, 2.24) is 0 Å². The van der Waals surface area contributed by atoms with Crippen molar-refractivity contribution >= 4 is 0 Å². The van der Waals surface area contributed by atoms with E-state index in [0.29, 0.717) is 17.6 Å². The first-order valence-corrected chi connectivity index (χ1v) is 20.3. The topological polar surface area (TPSA) is 20.2 Å². The number of hydrogen-bond acceptors (Lipinski definition) is 1. The van der Waals surface area contributed by atoms with E-state index in [1.165, 1.54) is 209 Å². The molecule has 1 aromatic rings. The van der Waals surface area contributed by atoms with Gasteiger partial charge in [0.1, 0.15) is 5.75 Å². The number of rotatable bonds is 32. The molecule has 1 rings (SSSR count). The van der Waals surface area contributed by atoms with Crippen molar-refractivity contribution in [2.75, 3.05) is 0 Å². The average molecular weight is 613 g/mol. The Bertz CT molecular complexity index is 692. The summed E-state index contributed by atoms with van der Waals surface area (Å²) in [7, 11) is 0. The number of phenolic OH excluding ortho intramolecular Hbond substituents is 1. The lowest BCUT2D eigenvalue weighted by atomic mass is 9.86. The molecule has 1 aromatic carbocycles. The molecule has 0 heterocycles. The second-order valence-corrected chi connectivity index (χ2v) is 14.9. The Morgan fingerprint density at radius 1 is 0.409 bits per heavy atom. The summed E-state index contributed by atoms with van der Waals surface area (Å²) in [5.41, 5.74) is 3.71. The normalized spacial score (nSPS) is 13.0. The average Bonchev–Trinajstić information content (AvgIpc) is 3.02. The maximum atomic E-state index is 11.3. The fourth-order valence-corrected chi connectivity index (χ4v) is 7.19. The lowest BCUT2D eigenvalue weighted by Crippen LogP contribution is -2.02. The molecule has 0 unspecified atom stereocenters. The van der Waals surface area contributed by atoms with Crippen LogP contribution in [-0.2, 0) is 0 Å². The van der Waals surface area contributed by atoms with Gasteiger partial charge in [0.25, 0.3) is 0 Å². The summed E-state index contributed by atoms with van der Waals surface area (Å²) in [6.45, 7) is 11.5. The van der Waals surface area contributed by atoms with Crippen LogP contribution >= 0.6 is 0 Å². The molecular formula is C43H80O. The van der Waals surface area contributed by atoms with E-state index in [9.17, 15) is 5.11 Å². The van der Waals surface area contributed by atoms with Crippen molar-refractivity contribution in [3.05, 3.63) is 28.8 Å². The third-order valence-electron chi connectivity index (χ3n) is 10.4. The van der Waals surface area contributed by atoms with Gasteiger partial charge >= 0.3 is 0 Å². The summed E-state index contributed by atoms with van der Waals surface area (Å²) in [5.74, 6) is 1.49. The third-order valence-corrected chi connectivity index (χ3v) is 10.4. The molecule has 0 spiro atoms. The fourth-order valence-electron chi connectivity index (χ4n) is 7.19. The second kappa shape index (κ2) is 29.4. The van der Waals surface area contributed by atoms with Gasteiger partial charge in [-0.15, -0.1) is 0 Å². The first kappa shape index (κ1) is 41.0. The van der Waals surface area contributed by atoms with Gasteiger partial charge in [0.05, 0.1) is 0 Å². The van der Waals surface area contributed by atoms with E-state index >= 15 is 0 Å².